The van der Waals surface area contributed by atoms with E-state index < -0.39 is 23.7 Å². The Kier molecular flexibility index (Phi) is 7.02. The predicted molar refractivity (Wildman–Crippen MR) is 42.0 cm³/mol. The summed E-state index contributed by atoms with van der Waals surface area (Å²) in [5.74, 6) is 0. The largest absolute Gasteiger partial charge is 0.399 e. The summed E-state index contributed by atoms with van der Waals surface area (Å²) in [5, 5.41) is 0. The van der Waals surface area contributed by atoms with E-state index in [9.17, 15) is 17.2 Å². The van der Waals surface area contributed by atoms with Crippen LogP contribution < -0.4 is 0 Å². The molecule has 13 heavy (non-hydrogen) atoms. The average Bonchev–Trinajstić information content (AvgIpc) is 2.05. The van der Waals surface area contributed by atoms with E-state index in [2.05, 4.69) is 8.37 Å². The van der Waals surface area contributed by atoms with Gasteiger partial charge in [0.2, 0.25) is 0 Å². The normalized spacial score (nSPS) is 11.8. The molecule has 0 fully saturated rings. The van der Waals surface area contributed by atoms with Gasteiger partial charge in [-0.3, -0.25) is 8.78 Å². The first-order chi connectivity index (χ1) is 6.12. The van der Waals surface area contributed by atoms with Crippen molar-refractivity contribution < 1.29 is 25.6 Å². The van der Waals surface area contributed by atoms with Crippen molar-refractivity contribution >= 4 is 10.4 Å². The third kappa shape index (κ3) is 8.07. The number of hydrogen-bond acceptors (Lipinski definition) is 4. The van der Waals surface area contributed by atoms with Crippen molar-refractivity contribution in [1.29, 1.82) is 0 Å². The van der Waals surface area contributed by atoms with Crippen molar-refractivity contribution in [3.05, 3.63) is 0 Å². The third-order valence-corrected chi connectivity index (χ3v) is 1.92. The van der Waals surface area contributed by atoms with Crippen LogP contribution in [0, 0.1) is 0 Å². The number of alkyl halides is 2. The van der Waals surface area contributed by atoms with Gasteiger partial charge in [-0.2, -0.15) is 8.42 Å². The van der Waals surface area contributed by atoms with Crippen molar-refractivity contribution in [2.75, 3.05) is 26.6 Å². The average molecular weight is 218 g/mol. The van der Waals surface area contributed by atoms with Crippen LogP contribution >= 0.6 is 0 Å². The molecule has 0 radical (unpaired) electrons. The molecule has 0 atom stereocenters. The van der Waals surface area contributed by atoms with Gasteiger partial charge in [0, 0.05) is 12.8 Å². The molecule has 0 aromatic heterocycles. The van der Waals surface area contributed by atoms with E-state index >= 15 is 0 Å². The van der Waals surface area contributed by atoms with Gasteiger partial charge < -0.3 is 0 Å². The number of halogens is 2. The van der Waals surface area contributed by atoms with Gasteiger partial charge in [0.25, 0.3) is 0 Å². The highest BCUT2D eigenvalue weighted by Crippen LogP contribution is 1.98. The molecule has 4 nitrogen and oxygen atoms in total. The Balaban J connectivity index is 3.55. The molecule has 0 amide bonds. The Hall–Kier alpha value is -0.270. The predicted octanol–water partition coefficient (Wildman–Crippen LogP) is 0.984. The molecule has 7 heteroatoms. The van der Waals surface area contributed by atoms with Crippen molar-refractivity contribution in [1.82, 2.24) is 0 Å². The molecule has 0 aromatic carbocycles. The smallest absolute Gasteiger partial charge is 0.251 e. The lowest BCUT2D eigenvalue weighted by Gasteiger charge is -2.03. The van der Waals surface area contributed by atoms with Crippen LogP contribution in [-0.4, -0.2) is 35.0 Å². The summed E-state index contributed by atoms with van der Waals surface area (Å²) in [5.41, 5.74) is 0. The molecule has 0 aliphatic carbocycles. The van der Waals surface area contributed by atoms with Crippen LogP contribution in [-0.2, 0) is 18.8 Å². The van der Waals surface area contributed by atoms with Crippen molar-refractivity contribution in [3.8, 4) is 0 Å². The topological polar surface area (TPSA) is 52.6 Å². The molecule has 0 unspecified atom stereocenters. The summed E-state index contributed by atoms with van der Waals surface area (Å²) in [4.78, 5) is 0. The SMILES string of the molecule is O=S(=O)(OCCCF)OCCCF. The van der Waals surface area contributed by atoms with Crippen LogP contribution in [0.5, 0.6) is 0 Å². The second-order valence-electron chi connectivity index (χ2n) is 2.14. The lowest BCUT2D eigenvalue weighted by atomic mass is 10.5. The summed E-state index contributed by atoms with van der Waals surface area (Å²) >= 11 is 0. The molecule has 0 aromatic rings. The fourth-order valence-electron chi connectivity index (χ4n) is 0.465. The van der Waals surface area contributed by atoms with Gasteiger partial charge in [0.15, 0.2) is 0 Å². The van der Waals surface area contributed by atoms with Crippen molar-refractivity contribution in [2.24, 2.45) is 0 Å². The van der Waals surface area contributed by atoms with Crippen LogP contribution in [0.25, 0.3) is 0 Å². The summed E-state index contributed by atoms with van der Waals surface area (Å²) in [6.07, 6.45) is -0.0165. The maximum Gasteiger partial charge on any atom is 0.399 e. The molecule has 0 N–H and O–H groups in total. The Morgan fingerprint density at radius 3 is 1.62 bits per heavy atom. The van der Waals surface area contributed by atoms with Gasteiger partial charge in [0.1, 0.15) is 0 Å². The van der Waals surface area contributed by atoms with Crippen molar-refractivity contribution in [3.63, 3.8) is 0 Å². The summed E-state index contributed by atoms with van der Waals surface area (Å²) < 4.78 is 52.8. The summed E-state index contributed by atoms with van der Waals surface area (Å²) in [6, 6.07) is 0. The fourth-order valence-corrected chi connectivity index (χ4v) is 1.18. The highest BCUT2D eigenvalue weighted by atomic mass is 32.3. The molecule has 0 rings (SSSR count). The molecule has 0 saturated carbocycles. The van der Waals surface area contributed by atoms with Crippen LogP contribution in [0.3, 0.4) is 0 Å². The van der Waals surface area contributed by atoms with Gasteiger partial charge >= 0.3 is 10.4 Å². The number of hydrogen-bond donors (Lipinski definition) is 0. The Bertz CT molecular complexity index is 189. The highest BCUT2D eigenvalue weighted by Gasteiger charge is 2.10. The minimum atomic E-state index is -4.06. The Morgan fingerprint density at radius 2 is 1.31 bits per heavy atom. The van der Waals surface area contributed by atoms with E-state index in [4.69, 9.17) is 0 Å². The van der Waals surface area contributed by atoms with Crippen LogP contribution in [0.2, 0.25) is 0 Å². The van der Waals surface area contributed by atoms with E-state index in [0.29, 0.717) is 0 Å². The standard InChI is InChI=1S/C6H12F2O4S/c7-3-1-5-11-13(9,10)12-6-2-4-8/h1-6H2. The molecule has 0 saturated heterocycles. The van der Waals surface area contributed by atoms with E-state index in [1.165, 1.54) is 0 Å². The second kappa shape index (κ2) is 7.16. The number of rotatable bonds is 8. The molecule has 0 aliphatic heterocycles. The molecule has 0 aliphatic rings. The fraction of sp³-hybridized carbons (Fsp3) is 1.00. The first-order valence-electron chi connectivity index (χ1n) is 3.78. The van der Waals surface area contributed by atoms with Crippen LogP contribution in [0.4, 0.5) is 8.78 Å². The molecule has 0 heterocycles. The van der Waals surface area contributed by atoms with Gasteiger partial charge in [0.05, 0.1) is 26.6 Å². The first-order valence-corrected chi connectivity index (χ1v) is 5.11. The summed E-state index contributed by atoms with van der Waals surface area (Å²) in [6.45, 7) is -1.82. The zero-order chi connectivity index (χ0) is 10.2. The monoisotopic (exact) mass is 218 g/mol. The molecule has 80 valence electrons. The minimum Gasteiger partial charge on any atom is -0.251 e. The van der Waals surface area contributed by atoms with Crippen LogP contribution in [0.15, 0.2) is 0 Å². The highest BCUT2D eigenvalue weighted by molar-refractivity contribution is 7.81. The molecule has 0 bridgehead atoms. The summed E-state index contributed by atoms with van der Waals surface area (Å²) in [7, 11) is -4.06. The molecule has 0 spiro atoms. The Morgan fingerprint density at radius 1 is 0.923 bits per heavy atom. The maximum atomic E-state index is 11.5. The van der Waals surface area contributed by atoms with Gasteiger partial charge in [-0.25, -0.2) is 8.37 Å². The van der Waals surface area contributed by atoms with E-state index in [1.807, 2.05) is 0 Å². The zero-order valence-corrected chi connectivity index (χ0v) is 7.86. The molecular formula is C6H12F2O4S. The van der Waals surface area contributed by atoms with Crippen molar-refractivity contribution in [2.45, 2.75) is 12.8 Å². The van der Waals surface area contributed by atoms with Crippen LogP contribution in [0.1, 0.15) is 12.8 Å². The van der Waals surface area contributed by atoms with E-state index in [-0.39, 0.29) is 26.1 Å². The first kappa shape index (κ1) is 12.7. The lowest BCUT2D eigenvalue weighted by molar-refractivity contribution is 0.202. The maximum absolute atomic E-state index is 11.5. The quantitative estimate of drug-likeness (QED) is 0.570. The Labute approximate surface area is 76.2 Å². The zero-order valence-electron chi connectivity index (χ0n) is 7.04. The third-order valence-electron chi connectivity index (χ3n) is 1.01. The van der Waals surface area contributed by atoms with Gasteiger partial charge in [-0.05, 0) is 0 Å². The minimum absolute atomic E-state index is 0.00823. The van der Waals surface area contributed by atoms with E-state index in [1.54, 1.807) is 0 Å². The second-order valence-corrected chi connectivity index (χ2v) is 3.43. The molecular weight excluding hydrogens is 206 g/mol. The van der Waals surface area contributed by atoms with Gasteiger partial charge in [-0.1, -0.05) is 0 Å². The lowest BCUT2D eigenvalue weighted by Crippen LogP contribution is -2.12. The van der Waals surface area contributed by atoms with Gasteiger partial charge in [-0.15, -0.1) is 0 Å². The van der Waals surface area contributed by atoms with E-state index in [0.717, 1.165) is 0 Å².